The number of alkyl halides is 8. The minimum Gasteiger partial charge on any atom is -0.326 e. The van der Waals surface area contributed by atoms with Gasteiger partial charge in [-0.2, -0.15) is 26.3 Å². The summed E-state index contributed by atoms with van der Waals surface area (Å²) in [5.74, 6) is -6.72. The SMILES string of the molecule is NC1(C2CCC(F)(F)C2)N=C(Nc2ccnc(C(F)(F)F)c2)NC(c2cccc(C(F)(F)F)n2)=N1. The Bertz CT molecular complexity index is 1170. The van der Waals surface area contributed by atoms with Gasteiger partial charge in [0.15, 0.2) is 5.84 Å². The van der Waals surface area contributed by atoms with Gasteiger partial charge in [-0.15, -0.1) is 0 Å². The standard InChI is InChI=1S/C20H17F8N7/c21-17(22)6-4-10(9-17)20(29)34-15(12-2-1-3-13(32-12)18(23,24)25)33-16(35-20)31-11-5-7-30-14(8-11)19(26,27)28/h1-3,5,7-8,10H,4,6,9,29H2,(H2,30,31,33,34,35). The summed E-state index contributed by atoms with van der Waals surface area (Å²) in [4.78, 5) is 14.9. The molecule has 1 fully saturated rings. The second kappa shape index (κ2) is 8.39. The van der Waals surface area contributed by atoms with Crippen molar-refractivity contribution in [3.63, 3.8) is 0 Å². The number of amidine groups is 1. The fourth-order valence-electron chi connectivity index (χ4n) is 3.75. The smallest absolute Gasteiger partial charge is 0.326 e. The average Bonchev–Trinajstić information content (AvgIpc) is 3.13. The van der Waals surface area contributed by atoms with E-state index in [4.69, 9.17) is 5.73 Å². The van der Waals surface area contributed by atoms with E-state index in [1.807, 2.05) is 0 Å². The number of hydrogen-bond acceptors (Lipinski definition) is 7. The Kier molecular flexibility index (Phi) is 5.93. The summed E-state index contributed by atoms with van der Waals surface area (Å²) in [6.45, 7) is 0. The second-order valence-electron chi connectivity index (χ2n) is 8.08. The van der Waals surface area contributed by atoms with Crippen LogP contribution in [0, 0.1) is 5.92 Å². The summed E-state index contributed by atoms with van der Waals surface area (Å²) in [5, 5.41) is 5.08. The molecule has 1 aliphatic carbocycles. The number of guanidine groups is 1. The number of aromatic nitrogens is 2. The Morgan fingerprint density at radius 1 is 1.00 bits per heavy atom. The molecule has 1 aliphatic heterocycles. The van der Waals surface area contributed by atoms with E-state index in [-0.39, 0.29) is 29.6 Å². The molecule has 0 radical (unpaired) electrons. The van der Waals surface area contributed by atoms with Gasteiger partial charge in [0.1, 0.15) is 17.1 Å². The summed E-state index contributed by atoms with van der Waals surface area (Å²) in [5.41, 5.74) is 3.33. The summed E-state index contributed by atoms with van der Waals surface area (Å²) in [6.07, 6.45) is -9.90. The van der Waals surface area contributed by atoms with Crippen molar-refractivity contribution in [2.24, 2.45) is 21.6 Å². The largest absolute Gasteiger partial charge is 0.433 e. The molecule has 0 amide bonds. The van der Waals surface area contributed by atoms with E-state index in [0.717, 1.165) is 18.3 Å². The van der Waals surface area contributed by atoms with E-state index in [1.54, 1.807) is 0 Å². The molecule has 0 spiro atoms. The molecule has 2 atom stereocenters. The highest BCUT2D eigenvalue weighted by atomic mass is 19.4. The van der Waals surface area contributed by atoms with Gasteiger partial charge in [-0.3, -0.25) is 10.7 Å². The molecule has 2 aliphatic rings. The summed E-state index contributed by atoms with van der Waals surface area (Å²) in [6, 6.07) is 4.81. The monoisotopic (exact) mass is 507 g/mol. The molecule has 188 valence electrons. The predicted octanol–water partition coefficient (Wildman–Crippen LogP) is 4.38. The molecule has 1 saturated carbocycles. The lowest BCUT2D eigenvalue weighted by Crippen LogP contribution is -2.53. The van der Waals surface area contributed by atoms with Gasteiger partial charge in [0, 0.05) is 30.6 Å². The topological polar surface area (TPSA) is 101 Å². The molecule has 2 unspecified atom stereocenters. The van der Waals surface area contributed by atoms with Crippen LogP contribution in [0.3, 0.4) is 0 Å². The van der Waals surface area contributed by atoms with Crippen LogP contribution in [-0.2, 0) is 12.4 Å². The van der Waals surface area contributed by atoms with Gasteiger partial charge in [0.2, 0.25) is 17.7 Å². The Labute approximate surface area is 192 Å². The maximum Gasteiger partial charge on any atom is 0.433 e. The van der Waals surface area contributed by atoms with Crippen LogP contribution < -0.4 is 16.4 Å². The van der Waals surface area contributed by atoms with Crippen molar-refractivity contribution < 1.29 is 35.1 Å². The van der Waals surface area contributed by atoms with Gasteiger partial charge in [0.05, 0.1) is 0 Å². The fraction of sp³-hybridized carbons (Fsp3) is 0.400. The molecular weight excluding hydrogens is 490 g/mol. The van der Waals surface area contributed by atoms with Crippen LogP contribution in [0.15, 0.2) is 46.5 Å². The van der Waals surface area contributed by atoms with Gasteiger partial charge in [-0.1, -0.05) is 6.07 Å². The number of aliphatic imine (C=N–C) groups is 2. The van der Waals surface area contributed by atoms with Gasteiger partial charge in [-0.05, 0) is 30.7 Å². The predicted molar refractivity (Wildman–Crippen MR) is 108 cm³/mol. The van der Waals surface area contributed by atoms with Crippen molar-refractivity contribution in [1.29, 1.82) is 0 Å². The second-order valence-corrected chi connectivity index (χ2v) is 8.08. The van der Waals surface area contributed by atoms with Crippen LogP contribution in [0.5, 0.6) is 0 Å². The zero-order valence-electron chi connectivity index (χ0n) is 17.6. The molecule has 35 heavy (non-hydrogen) atoms. The highest BCUT2D eigenvalue weighted by molar-refractivity contribution is 6.13. The first-order valence-electron chi connectivity index (χ1n) is 10.1. The molecule has 0 bridgehead atoms. The minimum absolute atomic E-state index is 0.0828. The zero-order valence-corrected chi connectivity index (χ0v) is 17.6. The number of rotatable bonds is 3. The lowest BCUT2D eigenvalue weighted by Gasteiger charge is -2.33. The zero-order chi connectivity index (χ0) is 25.6. The van der Waals surface area contributed by atoms with Crippen LogP contribution >= 0.6 is 0 Å². The number of anilines is 1. The van der Waals surface area contributed by atoms with Crippen LogP contribution in [0.25, 0.3) is 0 Å². The highest BCUT2D eigenvalue weighted by Gasteiger charge is 2.49. The van der Waals surface area contributed by atoms with Crippen molar-refractivity contribution >= 4 is 17.5 Å². The molecule has 7 nitrogen and oxygen atoms in total. The van der Waals surface area contributed by atoms with Gasteiger partial charge < -0.3 is 10.6 Å². The van der Waals surface area contributed by atoms with E-state index in [1.165, 1.54) is 12.1 Å². The third-order valence-corrected chi connectivity index (χ3v) is 5.42. The van der Waals surface area contributed by atoms with Crippen LogP contribution in [0.4, 0.5) is 40.8 Å². The normalized spacial score (nSPS) is 24.4. The molecular formula is C20H17F8N7. The number of hydrogen-bond donors (Lipinski definition) is 3. The number of nitrogens with zero attached hydrogens (tertiary/aromatic N) is 4. The van der Waals surface area contributed by atoms with Crippen molar-refractivity contribution in [2.45, 2.75) is 43.3 Å². The first-order valence-corrected chi connectivity index (χ1v) is 10.1. The first kappa shape index (κ1) is 24.8. The fourth-order valence-corrected chi connectivity index (χ4v) is 3.75. The van der Waals surface area contributed by atoms with Crippen molar-refractivity contribution in [3.8, 4) is 0 Å². The number of halogens is 8. The number of pyridine rings is 2. The molecule has 0 saturated heterocycles. The van der Waals surface area contributed by atoms with Crippen LogP contribution in [0.2, 0.25) is 0 Å². The van der Waals surface area contributed by atoms with Crippen molar-refractivity contribution in [2.75, 3.05) is 5.32 Å². The minimum atomic E-state index is -4.78. The number of nitrogens with one attached hydrogen (secondary N) is 2. The Morgan fingerprint density at radius 2 is 1.71 bits per heavy atom. The van der Waals surface area contributed by atoms with Gasteiger partial charge >= 0.3 is 12.4 Å². The van der Waals surface area contributed by atoms with E-state index >= 15 is 0 Å². The van der Waals surface area contributed by atoms with E-state index < -0.39 is 54.2 Å². The van der Waals surface area contributed by atoms with Crippen molar-refractivity contribution in [3.05, 3.63) is 53.6 Å². The van der Waals surface area contributed by atoms with Gasteiger partial charge in [0.25, 0.3) is 0 Å². The molecule has 4 N–H and O–H groups in total. The lowest BCUT2D eigenvalue weighted by molar-refractivity contribution is -0.141. The van der Waals surface area contributed by atoms with E-state index in [2.05, 4.69) is 30.6 Å². The maximum absolute atomic E-state index is 13.9. The van der Waals surface area contributed by atoms with Crippen LogP contribution in [-0.4, -0.2) is 33.5 Å². The summed E-state index contributed by atoms with van der Waals surface area (Å²) in [7, 11) is 0. The first-order chi connectivity index (χ1) is 16.1. The van der Waals surface area contributed by atoms with E-state index in [9.17, 15) is 35.1 Å². The van der Waals surface area contributed by atoms with E-state index in [0.29, 0.717) is 6.07 Å². The Hall–Kier alpha value is -3.36. The molecule has 4 rings (SSSR count). The van der Waals surface area contributed by atoms with Crippen LogP contribution in [0.1, 0.15) is 36.3 Å². The summed E-state index contributed by atoms with van der Waals surface area (Å²) < 4.78 is 106. The Morgan fingerprint density at radius 3 is 2.34 bits per heavy atom. The van der Waals surface area contributed by atoms with Gasteiger partial charge in [-0.25, -0.2) is 23.7 Å². The third-order valence-electron chi connectivity index (χ3n) is 5.42. The highest BCUT2D eigenvalue weighted by Crippen LogP contribution is 2.44. The Balaban J connectivity index is 1.72. The third kappa shape index (κ3) is 5.49. The number of nitrogens with two attached hydrogens (primary N) is 1. The molecule has 0 aromatic carbocycles. The lowest BCUT2D eigenvalue weighted by atomic mass is 9.99. The maximum atomic E-state index is 13.9. The average molecular weight is 507 g/mol. The van der Waals surface area contributed by atoms with Crippen molar-refractivity contribution in [1.82, 2.24) is 15.3 Å². The quantitative estimate of drug-likeness (QED) is 0.536. The molecule has 3 heterocycles. The molecule has 15 heteroatoms. The molecule has 2 aromatic heterocycles. The summed E-state index contributed by atoms with van der Waals surface area (Å²) >= 11 is 0. The molecule has 2 aromatic rings.